The van der Waals surface area contributed by atoms with Crippen molar-refractivity contribution in [2.24, 2.45) is 0 Å². The van der Waals surface area contributed by atoms with Crippen molar-refractivity contribution in [2.45, 2.75) is 30.3 Å². The van der Waals surface area contributed by atoms with Gasteiger partial charge >= 0.3 is 5.97 Å². The predicted molar refractivity (Wildman–Crippen MR) is 157 cm³/mol. The molecule has 0 saturated heterocycles. The van der Waals surface area contributed by atoms with E-state index in [9.17, 15) is 13.2 Å². The van der Waals surface area contributed by atoms with E-state index in [1.54, 1.807) is 43.5 Å². The van der Waals surface area contributed by atoms with Gasteiger partial charge < -0.3 is 14.4 Å². The maximum atomic E-state index is 14.3. The number of ether oxygens (including phenoxy) is 2. The number of esters is 1. The number of benzene rings is 4. The summed E-state index contributed by atoms with van der Waals surface area (Å²) in [6, 6.07) is 31.1. The zero-order valence-corrected chi connectivity index (χ0v) is 23.9. The van der Waals surface area contributed by atoms with E-state index in [1.807, 2.05) is 91.5 Å². The molecule has 0 spiro atoms. The van der Waals surface area contributed by atoms with Crippen LogP contribution in [0.25, 0.3) is 0 Å². The first-order valence-electron chi connectivity index (χ1n) is 13.0. The summed E-state index contributed by atoms with van der Waals surface area (Å²) in [6.45, 7) is 4.16. The lowest BCUT2D eigenvalue weighted by Crippen LogP contribution is -2.60. The van der Waals surface area contributed by atoms with Crippen LogP contribution in [-0.4, -0.2) is 35.2 Å². The fourth-order valence-electron chi connectivity index (χ4n) is 5.05. The van der Waals surface area contributed by atoms with Gasteiger partial charge in [-0.3, -0.25) is 0 Å². The van der Waals surface area contributed by atoms with E-state index in [0.29, 0.717) is 29.1 Å². The van der Waals surface area contributed by atoms with Gasteiger partial charge in [0.2, 0.25) is 10.0 Å². The molecule has 0 fully saturated rings. The first-order chi connectivity index (χ1) is 19.3. The average molecular weight is 559 g/mol. The number of aryl methyl sites for hydroxylation is 1. The number of methoxy groups -OCH3 is 2. The largest absolute Gasteiger partial charge is 0.497 e. The van der Waals surface area contributed by atoms with Gasteiger partial charge in [-0.25, -0.2) is 17.9 Å². The molecule has 4 aromatic carbocycles. The zero-order valence-electron chi connectivity index (χ0n) is 23.1. The van der Waals surface area contributed by atoms with E-state index in [2.05, 4.69) is 4.72 Å². The average Bonchev–Trinajstić information content (AvgIpc) is 2.99. The second-order valence-electron chi connectivity index (χ2n) is 9.34. The van der Waals surface area contributed by atoms with Crippen LogP contribution in [0.5, 0.6) is 5.75 Å². The third-order valence-corrected chi connectivity index (χ3v) is 8.43. The predicted octanol–water partition coefficient (Wildman–Crippen LogP) is 5.62. The zero-order chi connectivity index (χ0) is 28.8. The second kappa shape index (κ2) is 12.4. The number of carbonyl (C=O) groups is 1. The van der Waals surface area contributed by atoms with E-state index in [1.165, 1.54) is 7.11 Å². The van der Waals surface area contributed by atoms with Crippen molar-refractivity contribution in [3.63, 3.8) is 0 Å². The molecule has 1 N–H and O–H groups in total. The van der Waals surface area contributed by atoms with Crippen molar-refractivity contribution in [2.75, 3.05) is 25.7 Å². The van der Waals surface area contributed by atoms with Gasteiger partial charge in [0, 0.05) is 12.2 Å². The molecule has 4 rings (SSSR count). The first kappa shape index (κ1) is 28.9. The first-order valence-corrected chi connectivity index (χ1v) is 14.5. The van der Waals surface area contributed by atoms with Gasteiger partial charge in [-0.2, -0.15) is 0 Å². The van der Waals surface area contributed by atoms with Crippen LogP contribution in [0.2, 0.25) is 0 Å². The molecule has 0 bridgehead atoms. The molecule has 4 aromatic rings. The number of nitrogens with zero attached hydrogens (tertiary/aromatic N) is 1. The fourth-order valence-corrected chi connectivity index (χ4v) is 6.30. The Kier molecular flexibility index (Phi) is 8.92. The van der Waals surface area contributed by atoms with Gasteiger partial charge in [-0.1, -0.05) is 78.4 Å². The van der Waals surface area contributed by atoms with Crippen molar-refractivity contribution in [1.82, 2.24) is 4.72 Å². The number of rotatable bonds is 11. The molecule has 0 aromatic heterocycles. The van der Waals surface area contributed by atoms with Crippen LogP contribution in [0.1, 0.15) is 29.7 Å². The molecule has 7 nitrogen and oxygen atoms in total. The molecule has 8 heteroatoms. The Morgan fingerprint density at radius 3 is 1.95 bits per heavy atom. The third-order valence-electron chi connectivity index (χ3n) is 6.99. The SMILES string of the molecule is CCN(c1ccc(OC)cc1)[C@@](C(=O)OC)(c1ccccc1)[C@H](NS(=O)(=O)c1ccc(C)cc1)c1ccccc1. The highest BCUT2D eigenvalue weighted by atomic mass is 32.2. The summed E-state index contributed by atoms with van der Waals surface area (Å²) in [7, 11) is -1.19. The van der Waals surface area contributed by atoms with Gasteiger partial charge in [0.1, 0.15) is 5.75 Å². The van der Waals surface area contributed by atoms with E-state index >= 15 is 0 Å². The van der Waals surface area contributed by atoms with Gasteiger partial charge in [0.15, 0.2) is 5.54 Å². The summed E-state index contributed by atoms with van der Waals surface area (Å²) in [5.74, 6) is 0.0414. The van der Waals surface area contributed by atoms with Gasteiger partial charge in [0.05, 0.1) is 25.2 Å². The minimum Gasteiger partial charge on any atom is -0.497 e. The molecule has 0 heterocycles. The van der Waals surface area contributed by atoms with Crippen molar-refractivity contribution < 1.29 is 22.7 Å². The molecular formula is C32H34N2O5S. The molecular weight excluding hydrogens is 524 g/mol. The van der Waals surface area contributed by atoms with Crippen LogP contribution in [-0.2, 0) is 25.1 Å². The molecule has 2 atom stereocenters. The van der Waals surface area contributed by atoms with E-state index in [4.69, 9.17) is 9.47 Å². The Morgan fingerprint density at radius 2 is 1.43 bits per heavy atom. The number of carbonyl (C=O) groups excluding carboxylic acids is 1. The van der Waals surface area contributed by atoms with Crippen LogP contribution in [0.4, 0.5) is 5.69 Å². The van der Waals surface area contributed by atoms with Crippen LogP contribution in [0.15, 0.2) is 114 Å². The number of likely N-dealkylation sites (N-methyl/N-ethyl adjacent to an activating group) is 1. The molecule has 0 radical (unpaired) electrons. The monoisotopic (exact) mass is 558 g/mol. The summed E-state index contributed by atoms with van der Waals surface area (Å²) >= 11 is 0. The van der Waals surface area contributed by atoms with Crippen molar-refractivity contribution in [3.05, 3.63) is 126 Å². The van der Waals surface area contributed by atoms with Crippen molar-refractivity contribution in [1.29, 1.82) is 0 Å². The minimum atomic E-state index is -4.10. The van der Waals surface area contributed by atoms with Gasteiger partial charge in [0.25, 0.3) is 0 Å². The van der Waals surface area contributed by atoms with E-state index in [0.717, 1.165) is 5.56 Å². The summed E-state index contributed by atoms with van der Waals surface area (Å²) in [5.41, 5.74) is 1.15. The number of hydrogen-bond donors (Lipinski definition) is 1. The maximum Gasteiger partial charge on any atom is 0.338 e. The van der Waals surface area contributed by atoms with Crippen LogP contribution >= 0.6 is 0 Å². The summed E-state index contributed by atoms with van der Waals surface area (Å²) in [6.07, 6.45) is 0. The Bertz CT molecular complexity index is 1510. The Balaban J connectivity index is 2.05. The highest BCUT2D eigenvalue weighted by Crippen LogP contribution is 2.45. The number of sulfonamides is 1. The highest BCUT2D eigenvalue weighted by Gasteiger charge is 2.55. The summed E-state index contributed by atoms with van der Waals surface area (Å²) in [4.78, 5) is 16.3. The quantitative estimate of drug-likeness (QED) is 0.241. The van der Waals surface area contributed by atoms with Crippen molar-refractivity contribution in [3.8, 4) is 5.75 Å². The third kappa shape index (κ3) is 5.59. The molecule has 0 aliphatic rings. The highest BCUT2D eigenvalue weighted by molar-refractivity contribution is 7.89. The minimum absolute atomic E-state index is 0.0957. The number of nitrogens with one attached hydrogen (secondary N) is 1. The summed E-state index contributed by atoms with van der Waals surface area (Å²) in [5, 5.41) is 0. The molecule has 0 aliphatic heterocycles. The van der Waals surface area contributed by atoms with Crippen LogP contribution in [0.3, 0.4) is 0 Å². The van der Waals surface area contributed by atoms with Crippen molar-refractivity contribution >= 4 is 21.7 Å². The molecule has 0 aliphatic carbocycles. The van der Waals surface area contributed by atoms with Gasteiger partial charge in [-0.05, 0) is 61.4 Å². The standard InChI is InChI=1S/C32H34N2O5S/c1-5-34(27-18-20-28(38-3)21-19-27)32(31(35)39-4,26-14-10-7-11-15-26)30(25-12-8-6-9-13-25)33-40(36,37)29-22-16-24(2)17-23-29/h6-23,30,33H,5H2,1-4H3/t30-,32+/m1/s1. The lowest BCUT2D eigenvalue weighted by Gasteiger charge is -2.47. The van der Waals surface area contributed by atoms with Crippen LogP contribution < -0.4 is 14.4 Å². The normalized spacial score (nSPS) is 13.6. The number of anilines is 1. The second-order valence-corrected chi connectivity index (χ2v) is 11.1. The lowest BCUT2D eigenvalue weighted by atomic mass is 9.77. The topological polar surface area (TPSA) is 84.9 Å². The Hall–Kier alpha value is -4.14. The lowest BCUT2D eigenvalue weighted by molar-refractivity contribution is -0.149. The molecule has 0 unspecified atom stereocenters. The fraction of sp³-hybridized carbons (Fsp3) is 0.219. The molecule has 0 saturated carbocycles. The maximum absolute atomic E-state index is 14.3. The van der Waals surface area contributed by atoms with Gasteiger partial charge in [-0.15, -0.1) is 0 Å². The number of hydrogen-bond acceptors (Lipinski definition) is 6. The smallest absolute Gasteiger partial charge is 0.338 e. The molecule has 0 amide bonds. The van der Waals surface area contributed by atoms with E-state index in [-0.39, 0.29) is 4.90 Å². The molecule has 208 valence electrons. The molecule has 40 heavy (non-hydrogen) atoms. The van der Waals surface area contributed by atoms with Crippen LogP contribution in [0, 0.1) is 6.92 Å². The Morgan fingerprint density at radius 1 is 0.850 bits per heavy atom. The van der Waals surface area contributed by atoms with E-state index < -0.39 is 27.6 Å². The summed E-state index contributed by atoms with van der Waals surface area (Å²) < 4.78 is 41.7. The Labute approximate surface area is 236 Å².